The lowest BCUT2D eigenvalue weighted by atomic mass is 10.6. The molecule has 2 aromatic rings. The molecule has 0 fully saturated rings. The Hall–Kier alpha value is -1.43. The molecule has 2 heterocycles. The van der Waals surface area contributed by atoms with Crippen LogP contribution < -0.4 is 0 Å². The van der Waals surface area contributed by atoms with Crippen molar-refractivity contribution in [3.8, 4) is 11.6 Å². The number of rotatable bonds is 1. The Morgan fingerprint density at radius 1 is 1.33 bits per heavy atom. The van der Waals surface area contributed by atoms with E-state index in [0.29, 0.717) is 11.6 Å². The van der Waals surface area contributed by atoms with Gasteiger partial charge in [0.25, 0.3) is 0 Å². The molecule has 0 atom stereocenters. The molecule has 0 unspecified atom stereocenters. The third-order valence-electron chi connectivity index (χ3n) is 1.22. The van der Waals surface area contributed by atoms with Crippen molar-refractivity contribution < 1.29 is 0 Å². The molecule has 12 heavy (non-hydrogen) atoms. The predicted molar refractivity (Wildman–Crippen MR) is 43.7 cm³/mol. The molecule has 0 radical (unpaired) electrons. The average molecular weight is 187 g/mol. The van der Waals surface area contributed by atoms with Gasteiger partial charge in [-0.25, -0.2) is 9.97 Å². The van der Waals surface area contributed by atoms with E-state index in [-0.39, 0.29) is 12.4 Å². The summed E-state index contributed by atoms with van der Waals surface area (Å²) in [6, 6.07) is 0. The van der Waals surface area contributed by atoms with Crippen LogP contribution in [0.5, 0.6) is 0 Å². The van der Waals surface area contributed by atoms with Crippen LogP contribution in [0.4, 0.5) is 0 Å². The molecule has 0 aliphatic heterocycles. The van der Waals surface area contributed by atoms with Gasteiger partial charge in [0, 0.05) is 0 Å². The van der Waals surface area contributed by atoms with Gasteiger partial charge in [-0.1, -0.05) is 0 Å². The van der Waals surface area contributed by atoms with Crippen molar-refractivity contribution in [1.82, 2.24) is 30.4 Å². The summed E-state index contributed by atoms with van der Waals surface area (Å²) in [5.74, 6) is 1.88. The third kappa shape index (κ3) is 1.42. The molecule has 0 saturated carbocycles. The fourth-order valence-corrected chi connectivity index (χ4v) is 0.762. The molecular formula is C5H7ClN6. The van der Waals surface area contributed by atoms with Gasteiger partial charge in [0.05, 0.1) is 0 Å². The molecule has 0 spiro atoms. The largest absolute Gasteiger partial charge is 0.263 e. The van der Waals surface area contributed by atoms with Crippen molar-refractivity contribution in [3.05, 3.63) is 12.2 Å². The number of hydrogen-bond acceptors (Lipinski definition) is 4. The van der Waals surface area contributed by atoms with E-state index in [1.165, 1.54) is 6.33 Å². The summed E-state index contributed by atoms with van der Waals surface area (Å²) in [5.41, 5.74) is 0. The van der Waals surface area contributed by atoms with Gasteiger partial charge in [0.15, 0.2) is 5.82 Å². The summed E-state index contributed by atoms with van der Waals surface area (Å²) in [6.07, 6.45) is 1.42. The number of H-pyrrole nitrogens is 2. The van der Waals surface area contributed by atoms with E-state index in [9.17, 15) is 0 Å². The SMILES string of the molecule is Cc1nc(-c2ncn[nH]2)n[nH]1.Cl. The van der Waals surface area contributed by atoms with Crippen LogP contribution in [0.2, 0.25) is 0 Å². The fraction of sp³-hybridized carbons (Fsp3) is 0.200. The van der Waals surface area contributed by atoms with Gasteiger partial charge >= 0.3 is 0 Å². The van der Waals surface area contributed by atoms with E-state index in [1.807, 2.05) is 6.92 Å². The highest BCUT2D eigenvalue weighted by Gasteiger charge is 2.04. The molecule has 0 bridgehead atoms. The summed E-state index contributed by atoms with van der Waals surface area (Å²) in [7, 11) is 0. The number of aromatic nitrogens is 6. The molecule has 64 valence electrons. The topological polar surface area (TPSA) is 83.1 Å². The minimum atomic E-state index is 0. The highest BCUT2D eigenvalue weighted by atomic mass is 35.5. The Bertz CT molecular complexity index is 338. The molecular weight excluding hydrogens is 180 g/mol. The molecule has 0 aliphatic rings. The maximum absolute atomic E-state index is 4.05. The van der Waals surface area contributed by atoms with Crippen LogP contribution in [0.1, 0.15) is 5.82 Å². The predicted octanol–water partition coefficient (Wildman–Crippen LogP) is 0.320. The van der Waals surface area contributed by atoms with Gasteiger partial charge in [0.1, 0.15) is 12.2 Å². The van der Waals surface area contributed by atoms with Gasteiger partial charge in [-0.3, -0.25) is 10.2 Å². The van der Waals surface area contributed by atoms with E-state index >= 15 is 0 Å². The van der Waals surface area contributed by atoms with Crippen molar-refractivity contribution in [1.29, 1.82) is 0 Å². The molecule has 0 saturated heterocycles. The summed E-state index contributed by atoms with van der Waals surface area (Å²) < 4.78 is 0. The second-order valence-electron chi connectivity index (χ2n) is 2.08. The van der Waals surface area contributed by atoms with Gasteiger partial charge < -0.3 is 0 Å². The second kappa shape index (κ2) is 3.31. The summed E-state index contributed by atoms with van der Waals surface area (Å²) in [5, 5.41) is 12.9. The Morgan fingerprint density at radius 2 is 2.17 bits per heavy atom. The van der Waals surface area contributed by atoms with Crippen molar-refractivity contribution in [2.24, 2.45) is 0 Å². The number of aromatic amines is 2. The molecule has 2 aromatic heterocycles. The molecule has 0 aromatic carbocycles. The Kier molecular flexibility index (Phi) is 2.39. The lowest BCUT2D eigenvalue weighted by Gasteiger charge is -1.81. The van der Waals surface area contributed by atoms with E-state index in [1.54, 1.807) is 0 Å². The van der Waals surface area contributed by atoms with Gasteiger partial charge in [-0.2, -0.15) is 10.2 Å². The molecule has 6 nitrogen and oxygen atoms in total. The fourth-order valence-electron chi connectivity index (χ4n) is 0.762. The normalized spacial score (nSPS) is 9.42. The summed E-state index contributed by atoms with van der Waals surface area (Å²) >= 11 is 0. The van der Waals surface area contributed by atoms with Gasteiger partial charge in [-0.15, -0.1) is 12.4 Å². The number of nitrogens with one attached hydrogen (secondary N) is 2. The van der Waals surface area contributed by atoms with Crippen molar-refractivity contribution >= 4 is 12.4 Å². The van der Waals surface area contributed by atoms with Crippen LogP contribution in [0.3, 0.4) is 0 Å². The highest BCUT2D eigenvalue weighted by Crippen LogP contribution is 2.04. The Morgan fingerprint density at radius 3 is 2.67 bits per heavy atom. The zero-order valence-electron chi connectivity index (χ0n) is 6.27. The Labute approximate surface area is 74.2 Å². The van der Waals surface area contributed by atoms with Crippen LogP contribution in [0, 0.1) is 6.92 Å². The number of aryl methyl sites for hydroxylation is 1. The molecule has 2 rings (SSSR count). The molecule has 0 amide bonds. The molecule has 7 heteroatoms. The third-order valence-corrected chi connectivity index (χ3v) is 1.22. The standard InChI is InChI=1S/C5H6N6.ClH/c1-3-8-5(11-9-3)4-6-2-7-10-4;/h2H,1H3,(H,6,7,10)(H,8,9,11);1H. The first-order valence-corrected chi connectivity index (χ1v) is 3.11. The molecule has 2 N–H and O–H groups in total. The number of halogens is 1. The van der Waals surface area contributed by atoms with Crippen molar-refractivity contribution in [3.63, 3.8) is 0 Å². The summed E-state index contributed by atoms with van der Waals surface area (Å²) in [6.45, 7) is 1.83. The number of hydrogen-bond donors (Lipinski definition) is 2. The summed E-state index contributed by atoms with van der Waals surface area (Å²) in [4.78, 5) is 7.94. The minimum Gasteiger partial charge on any atom is -0.263 e. The zero-order chi connectivity index (χ0) is 7.68. The minimum absolute atomic E-state index is 0. The first-order chi connectivity index (χ1) is 5.36. The van der Waals surface area contributed by atoms with Gasteiger partial charge in [0.2, 0.25) is 5.82 Å². The van der Waals surface area contributed by atoms with Gasteiger partial charge in [-0.05, 0) is 6.92 Å². The molecule has 0 aliphatic carbocycles. The lowest BCUT2D eigenvalue weighted by Crippen LogP contribution is -1.82. The first-order valence-electron chi connectivity index (χ1n) is 3.11. The van der Waals surface area contributed by atoms with E-state index in [4.69, 9.17) is 0 Å². The van der Waals surface area contributed by atoms with Crippen LogP contribution >= 0.6 is 12.4 Å². The first kappa shape index (κ1) is 8.66. The van der Waals surface area contributed by atoms with Crippen molar-refractivity contribution in [2.75, 3.05) is 0 Å². The van der Waals surface area contributed by atoms with Crippen LogP contribution in [-0.2, 0) is 0 Å². The van der Waals surface area contributed by atoms with E-state index in [0.717, 1.165) is 5.82 Å². The quantitative estimate of drug-likeness (QED) is 0.672. The Balaban J connectivity index is 0.000000720. The van der Waals surface area contributed by atoms with Crippen LogP contribution in [0.15, 0.2) is 6.33 Å². The maximum Gasteiger partial charge on any atom is 0.218 e. The van der Waals surface area contributed by atoms with E-state index in [2.05, 4.69) is 30.4 Å². The van der Waals surface area contributed by atoms with E-state index < -0.39 is 0 Å². The second-order valence-corrected chi connectivity index (χ2v) is 2.08. The smallest absolute Gasteiger partial charge is 0.218 e. The monoisotopic (exact) mass is 186 g/mol. The van der Waals surface area contributed by atoms with Crippen molar-refractivity contribution in [2.45, 2.75) is 6.92 Å². The lowest BCUT2D eigenvalue weighted by molar-refractivity contribution is 1.03. The van der Waals surface area contributed by atoms with Crippen LogP contribution in [-0.4, -0.2) is 30.4 Å². The highest BCUT2D eigenvalue weighted by molar-refractivity contribution is 5.85. The average Bonchev–Trinajstić information content (AvgIpc) is 2.55. The van der Waals surface area contributed by atoms with Crippen LogP contribution in [0.25, 0.3) is 11.6 Å². The number of nitrogens with zero attached hydrogens (tertiary/aromatic N) is 4. The zero-order valence-corrected chi connectivity index (χ0v) is 7.09. The maximum atomic E-state index is 4.05.